The Morgan fingerprint density at radius 2 is 2.00 bits per heavy atom. The molecule has 4 rings (SSSR count). The molecule has 0 radical (unpaired) electrons. The van der Waals surface area contributed by atoms with E-state index in [1.54, 1.807) is 6.20 Å². The maximum Gasteiger partial charge on any atom is 0.266 e. The van der Waals surface area contributed by atoms with E-state index in [2.05, 4.69) is 15.2 Å². The van der Waals surface area contributed by atoms with Gasteiger partial charge in [0, 0.05) is 19.5 Å². The number of fused-ring (bicyclic) bond motifs is 1. The Bertz CT molecular complexity index is 702. The van der Waals surface area contributed by atoms with Gasteiger partial charge in [-0.3, -0.25) is 4.79 Å². The van der Waals surface area contributed by atoms with Crippen molar-refractivity contribution in [1.29, 1.82) is 0 Å². The summed E-state index contributed by atoms with van der Waals surface area (Å²) < 4.78 is 11.0. The summed E-state index contributed by atoms with van der Waals surface area (Å²) in [5.74, 6) is 1.16. The number of ether oxygens (including phenoxy) is 2. The molecule has 1 saturated heterocycles. The van der Waals surface area contributed by atoms with Gasteiger partial charge in [-0.05, 0) is 23.8 Å². The van der Waals surface area contributed by atoms with E-state index in [1.165, 1.54) is 0 Å². The number of nitrogens with zero attached hydrogens (tertiary/aromatic N) is 2. The molecule has 0 aliphatic carbocycles. The fourth-order valence-corrected chi connectivity index (χ4v) is 3.00. The maximum atomic E-state index is 12.4. The predicted molar refractivity (Wildman–Crippen MR) is 90.5 cm³/mol. The molecule has 1 amide bonds. The van der Waals surface area contributed by atoms with Gasteiger partial charge >= 0.3 is 0 Å². The zero-order chi connectivity index (χ0) is 16.4. The fraction of sp³-hybridized carbons (Fsp3) is 0.333. The third kappa shape index (κ3) is 3.05. The molecule has 0 spiro atoms. The Hall–Kier alpha value is -2.60. The number of pyridine rings is 1. The molecular formula is C18H19N3O3. The van der Waals surface area contributed by atoms with Gasteiger partial charge in [-0.2, -0.15) is 0 Å². The van der Waals surface area contributed by atoms with Gasteiger partial charge in [0.15, 0.2) is 6.10 Å². The van der Waals surface area contributed by atoms with Crippen molar-refractivity contribution in [3.05, 3.63) is 48.2 Å². The van der Waals surface area contributed by atoms with E-state index < -0.39 is 6.10 Å². The molecule has 0 saturated carbocycles. The number of hydrogen-bond donors (Lipinski definition) is 1. The smallest absolute Gasteiger partial charge is 0.266 e. The first-order valence-electron chi connectivity index (χ1n) is 8.14. The molecule has 0 bridgehead atoms. The molecule has 1 aromatic carbocycles. The fourth-order valence-electron chi connectivity index (χ4n) is 3.00. The highest BCUT2D eigenvalue weighted by Crippen LogP contribution is 2.28. The van der Waals surface area contributed by atoms with Gasteiger partial charge in [0.2, 0.25) is 0 Å². The average Bonchev–Trinajstić information content (AvgIpc) is 3.07. The zero-order valence-electron chi connectivity index (χ0n) is 13.3. The van der Waals surface area contributed by atoms with Crippen molar-refractivity contribution < 1.29 is 14.3 Å². The van der Waals surface area contributed by atoms with E-state index in [9.17, 15) is 4.79 Å². The summed E-state index contributed by atoms with van der Waals surface area (Å²) >= 11 is 0. The first kappa shape index (κ1) is 15.0. The lowest BCUT2D eigenvalue weighted by Gasteiger charge is -2.28. The summed E-state index contributed by atoms with van der Waals surface area (Å²) in [5, 5.41) is 2.83. The van der Waals surface area contributed by atoms with E-state index in [0.29, 0.717) is 12.2 Å². The first-order chi connectivity index (χ1) is 11.8. The molecule has 2 aliphatic rings. The van der Waals surface area contributed by atoms with Crippen molar-refractivity contribution in [1.82, 2.24) is 4.98 Å². The highest BCUT2D eigenvalue weighted by atomic mass is 16.5. The van der Waals surface area contributed by atoms with Crippen LogP contribution in [0.5, 0.6) is 5.75 Å². The minimum atomic E-state index is -0.497. The van der Waals surface area contributed by atoms with Crippen LogP contribution in [0.4, 0.5) is 11.5 Å². The Morgan fingerprint density at radius 1 is 1.17 bits per heavy atom. The summed E-state index contributed by atoms with van der Waals surface area (Å²) in [5.41, 5.74) is 2.11. The van der Waals surface area contributed by atoms with Crippen molar-refractivity contribution in [2.24, 2.45) is 0 Å². The Balaban J connectivity index is 1.38. The van der Waals surface area contributed by atoms with Crippen molar-refractivity contribution in [3.63, 3.8) is 0 Å². The predicted octanol–water partition coefficient (Wildman–Crippen LogP) is 1.86. The minimum absolute atomic E-state index is 0.169. The third-order valence-electron chi connectivity index (χ3n) is 4.31. The zero-order valence-corrected chi connectivity index (χ0v) is 13.3. The average molecular weight is 325 g/mol. The number of para-hydroxylation sites is 1. The van der Waals surface area contributed by atoms with Crippen LogP contribution in [-0.2, 0) is 16.0 Å². The second kappa shape index (κ2) is 6.49. The number of rotatable bonds is 3. The lowest BCUT2D eigenvalue weighted by Crippen LogP contribution is -2.36. The number of hydrogen-bond acceptors (Lipinski definition) is 5. The summed E-state index contributed by atoms with van der Waals surface area (Å²) in [6.07, 6.45) is 1.88. The first-order valence-corrected chi connectivity index (χ1v) is 8.14. The summed E-state index contributed by atoms with van der Waals surface area (Å²) in [4.78, 5) is 18.9. The van der Waals surface area contributed by atoms with Crippen LogP contribution >= 0.6 is 0 Å². The molecular weight excluding hydrogens is 306 g/mol. The molecule has 0 unspecified atom stereocenters. The molecule has 1 fully saturated rings. The van der Waals surface area contributed by atoms with E-state index in [1.807, 2.05) is 36.4 Å². The van der Waals surface area contributed by atoms with Crippen LogP contribution in [0.2, 0.25) is 0 Å². The number of amides is 1. The monoisotopic (exact) mass is 325 g/mol. The second-order valence-electron chi connectivity index (χ2n) is 5.91. The quantitative estimate of drug-likeness (QED) is 0.933. The number of nitrogens with one attached hydrogen (secondary N) is 1. The van der Waals surface area contributed by atoms with Gasteiger partial charge in [0.1, 0.15) is 11.6 Å². The number of aromatic nitrogens is 1. The summed E-state index contributed by atoms with van der Waals surface area (Å²) in [6, 6.07) is 11.5. The molecule has 24 heavy (non-hydrogen) atoms. The highest BCUT2D eigenvalue weighted by molar-refractivity contribution is 5.94. The number of carbonyl (C=O) groups excluding carboxylic acids is 1. The van der Waals surface area contributed by atoms with Gasteiger partial charge in [-0.25, -0.2) is 4.98 Å². The van der Waals surface area contributed by atoms with E-state index in [4.69, 9.17) is 9.47 Å². The molecule has 6 heteroatoms. The molecule has 6 nitrogen and oxygen atoms in total. The van der Waals surface area contributed by atoms with Gasteiger partial charge < -0.3 is 19.7 Å². The van der Waals surface area contributed by atoms with Crippen molar-refractivity contribution >= 4 is 17.4 Å². The molecule has 2 aromatic rings. The third-order valence-corrected chi connectivity index (χ3v) is 4.31. The van der Waals surface area contributed by atoms with Crippen LogP contribution < -0.4 is 15.0 Å². The van der Waals surface area contributed by atoms with Crippen molar-refractivity contribution in [2.75, 3.05) is 36.5 Å². The lowest BCUT2D eigenvalue weighted by atomic mass is 10.1. The van der Waals surface area contributed by atoms with E-state index >= 15 is 0 Å². The molecule has 1 aromatic heterocycles. The highest BCUT2D eigenvalue weighted by Gasteiger charge is 2.29. The number of anilines is 2. The largest absolute Gasteiger partial charge is 0.480 e. The second-order valence-corrected chi connectivity index (χ2v) is 5.91. The van der Waals surface area contributed by atoms with Crippen LogP contribution in [0.25, 0.3) is 0 Å². The Morgan fingerprint density at radius 3 is 2.75 bits per heavy atom. The van der Waals surface area contributed by atoms with Crippen LogP contribution in [-0.4, -0.2) is 43.3 Å². The molecule has 1 N–H and O–H groups in total. The minimum Gasteiger partial charge on any atom is -0.480 e. The molecule has 1 atom stereocenters. The normalized spacial score (nSPS) is 19.5. The lowest BCUT2D eigenvalue weighted by molar-refractivity contribution is -0.122. The number of benzene rings is 1. The Labute approximate surface area is 140 Å². The summed E-state index contributed by atoms with van der Waals surface area (Å²) in [7, 11) is 0. The topological polar surface area (TPSA) is 63.7 Å². The van der Waals surface area contributed by atoms with E-state index in [-0.39, 0.29) is 5.91 Å². The SMILES string of the molecule is O=C(Nc1ccc(N2CCOCC2)cn1)[C@H]1Cc2ccccc2O1. The summed E-state index contributed by atoms with van der Waals surface area (Å²) in [6.45, 7) is 3.19. The van der Waals surface area contributed by atoms with Crippen molar-refractivity contribution in [3.8, 4) is 5.75 Å². The van der Waals surface area contributed by atoms with Gasteiger partial charge in [-0.1, -0.05) is 18.2 Å². The van der Waals surface area contributed by atoms with Crippen LogP contribution in [0.15, 0.2) is 42.6 Å². The van der Waals surface area contributed by atoms with Crippen LogP contribution in [0, 0.1) is 0 Å². The molecule has 3 heterocycles. The van der Waals surface area contributed by atoms with Gasteiger partial charge in [0.05, 0.1) is 25.1 Å². The van der Waals surface area contributed by atoms with E-state index in [0.717, 1.165) is 43.3 Å². The van der Waals surface area contributed by atoms with Gasteiger partial charge in [-0.15, -0.1) is 0 Å². The van der Waals surface area contributed by atoms with Crippen LogP contribution in [0.3, 0.4) is 0 Å². The Kier molecular flexibility index (Phi) is 4.04. The van der Waals surface area contributed by atoms with Crippen molar-refractivity contribution in [2.45, 2.75) is 12.5 Å². The van der Waals surface area contributed by atoms with Crippen LogP contribution in [0.1, 0.15) is 5.56 Å². The number of morpholine rings is 1. The molecule has 124 valence electrons. The standard InChI is InChI=1S/C18H19N3O3/c22-18(16-11-13-3-1-2-4-15(13)24-16)20-17-6-5-14(12-19-17)21-7-9-23-10-8-21/h1-6,12,16H,7-11H2,(H,19,20,22)/t16-/m1/s1. The van der Waals surface area contributed by atoms with Gasteiger partial charge in [0.25, 0.3) is 5.91 Å². The number of carbonyl (C=O) groups is 1. The molecule has 2 aliphatic heterocycles. The maximum absolute atomic E-state index is 12.4.